The summed E-state index contributed by atoms with van der Waals surface area (Å²) < 4.78 is 5.42. The molecule has 2 atom stereocenters. The summed E-state index contributed by atoms with van der Waals surface area (Å²) in [6.07, 6.45) is 1.77. The molecule has 1 aliphatic rings. The summed E-state index contributed by atoms with van der Waals surface area (Å²) in [4.78, 5) is 4.52. The first kappa shape index (κ1) is 15.2. The zero-order valence-corrected chi connectivity index (χ0v) is 13.1. The standard InChI is InChI=1S/C17H23N3O2/c1-11(2)15(17-19-16(20-22-17)13-8-9-13)18-10-14(21)12-6-4-3-5-7-12/h3-7,11,13-15,18,21H,8-10H2,1-2H3. The molecule has 1 aromatic heterocycles. The van der Waals surface area contributed by atoms with E-state index in [-0.39, 0.29) is 6.04 Å². The topological polar surface area (TPSA) is 71.2 Å². The van der Waals surface area contributed by atoms with Crippen molar-refractivity contribution in [2.24, 2.45) is 5.92 Å². The Hall–Kier alpha value is -1.72. The SMILES string of the molecule is CC(C)C(NCC(O)c1ccccc1)c1nc(C2CC2)no1. The Balaban J connectivity index is 1.63. The molecular weight excluding hydrogens is 278 g/mol. The van der Waals surface area contributed by atoms with E-state index in [2.05, 4.69) is 29.3 Å². The van der Waals surface area contributed by atoms with E-state index in [1.807, 2.05) is 30.3 Å². The highest BCUT2D eigenvalue weighted by atomic mass is 16.5. The highest BCUT2D eigenvalue weighted by Gasteiger charge is 2.31. The fourth-order valence-corrected chi connectivity index (χ4v) is 2.52. The quantitative estimate of drug-likeness (QED) is 0.822. The van der Waals surface area contributed by atoms with Gasteiger partial charge in [-0.2, -0.15) is 4.98 Å². The molecule has 1 aromatic carbocycles. The summed E-state index contributed by atoms with van der Waals surface area (Å²) in [5.74, 6) is 2.24. The predicted molar refractivity (Wildman–Crippen MR) is 83.3 cm³/mol. The largest absolute Gasteiger partial charge is 0.387 e. The Morgan fingerprint density at radius 1 is 1.27 bits per heavy atom. The van der Waals surface area contributed by atoms with Crippen LogP contribution in [0, 0.1) is 5.92 Å². The third kappa shape index (κ3) is 3.54. The van der Waals surface area contributed by atoms with Crippen LogP contribution < -0.4 is 5.32 Å². The van der Waals surface area contributed by atoms with E-state index in [0.29, 0.717) is 24.3 Å². The summed E-state index contributed by atoms with van der Waals surface area (Å²) in [5.41, 5.74) is 0.904. The van der Waals surface area contributed by atoms with Crippen molar-refractivity contribution < 1.29 is 9.63 Å². The number of nitrogens with one attached hydrogen (secondary N) is 1. The average Bonchev–Trinajstić information content (AvgIpc) is 3.27. The fraction of sp³-hybridized carbons (Fsp3) is 0.529. The summed E-state index contributed by atoms with van der Waals surface area (Å²) in [6.45, 7) is 4.66. The van der Waals surface area contributed by atoms with Crippen LogP contribution in [0.4, 0.5) is 0 Å². The van der Waals surface area contributed by atoms with Crippen LogP contribution in [0.1, 0.15) is 62.0 Å². The second-order valence-corrected chi connectivity index (χ2v) is 6.32. The Kier molecular flexibility index (Phi) is 4.55. The van der Waals surface area contributed by atoms with Gasteiger partial charge in [0.15, 0.2) is 5.82 Å². The van der Waals surface area contributed by atoms with E-state index in [4.69, 9.17) is 4.52 Å². The van der Waals surface area contributed by atoms with Crippen LogP contribution in [0.25, 0.3) is 0 Å². The van der Waals surface area contributed by atoms with Gasteiger partial charge >= 0.3 is 0 Å². The van der Waals surface area contributed by atoms with Gasteiger partial charge in [-0.05, 0) is 24.3 Å². The van der Waals surface area contributed by atoms with Crippen molar-refractivity contribution >= 4 is 0 Å². The van der Waals surface area contributed by atoms with Gasteiger partial charge in [-0.3, -0.25) is 0 Å². The molecule has 0 amide bonds. The van der Waals surface area contributed by atoms with Crippen molar-refractivity contribution in [3.8, 4) is 0 Å². The maximum Gasteiger partial charge on any atom is 0.244 e. The highest BCUT2D eigenvalue weighted by molar-refractivity contribution is 5.17. The number of hydrogen-bond donors (Lipinski definition) is 2. The maximum atomic E-state index is 10.3. The number of aliphatic hydroxyl groups excluding tert-OH is 1. The van der Waals surface area contributed by atoms with Gasteiger partial charge in [0.05, 0.1) is 12.1 Å². The van der Waals surface area contributed by atoms with Gasteiger partial charge in [0.2, 0.25) is 5.89 Å². The zero-order chi connectivity index (χ0) is 15.5. The molecule has 2 N–H and O–H groups in total. The van der Waals surface area contributed by atoms with E-state index in [9.17, 15) is 5.11 Å². The molecule has 1 aliphatic carbocycles. The van der Waals surface area contributed by atoms with E-state index in [0.717, 1.165) is 24.2 Å². The van der Waals surface area contributed by atoms with Crippen molar-refractivity contribution in [2.75, 3.05) is 6.54 Å². The van der Waals surface area contributed by atoms with Crippen LogP contribution in [0.3, 0.4) is 0 Å². The predicted octanol–water partition coefficient (Wildman–Crippen LogP) is 2.97. The van der Waals surface area contributed by atoms with Crippen molar-refractivity contribution in [3.05, 3.63) is 47.6 Å². The van der Waals surface area contributed by atoms with Crippen LogP contribution in [-0.2, 0) is 0 Å². The lowest BCUT2D eigenvalue weighted by Gasteiger charge is -2.21. The summed E-state index contributed by atoms with van der Waals surface area (Å²) in [6, 6.07) is 9.61. The van der Waals surface area contributed by atoms with Crippen LogP contribution in [0.5, 0.6) is 0 Å². The molecule has 2 unspecified atom stereocenters. The molecule has 22 heavy (non-hydrogen) atoms. The molecule has 0 saturated heterocycles. The third-order valence-electron chi connectivity index (χ3n) is 4.05. The van der Waals surface area contributed by atoms with Gasteiger partial charge < -0.3 is 14.9 Å². The molecule has 3 rings (SSSR count). The van der Waals surface area contributed by atoms with Crippen LogP contribution in [0.2, 0.25) is 0 Å². The van der Waals surface area contributed by atoms with Crippen LogP contribution >= 0.6 is 0 Å². The Bertz CT molecular complexity index is 593. The Morgan fingerprint density at radius 2 is 2.00 bits per heavy atom. The molecule has 0 aliphatic heterocycles. The first-order valence-corrected chi connectivity index (χ1v) is 7.95. The number of aliphatic hydroxyl groups is 1. The lowest BCUT2D eigenvalue weighted by molar-refractivity contribution is 0.160. The second-order valence-electron chi connectivity index (χ2n) is 6.32. The first-order chi connectivity index (χ1) is 10.6. The summed E-state index contributed by atoms with van der Waals surface area (Å²) in [7, 11) is 0. The van der Waals surface area contributed by atoms with Gasteiger partial charge in [0.1, 0.15) is 0 Å². The summed E-state index contributed by atoms with van der Waals surface area (Å²) >= 11 is 0. The maximum absolute atomic E-state index is 10.3. The van der Waals surface area contributed by atoms with Gasteiger partial charge in [0, 0.05) is 12.5 Å². The zero-order valence-electron chi connectivity index (χ0n) is 13.1. The molecule has 5 nitrogen and oxygen atoms in total. The molecule has 0 radical (unpaired) electrons. The molecule has 1 heterocycles. The number of benzene rings is 1. The van der Waals surface area contributed by atoms with Gasteiger partial charge in [0.25, 0.3) is 0 Å². The molecule has 5 heteroatoms. The second kappa shape index (κ2) is 6.58. The smallest absolute Gasteiger partial charge is 0.244 e. The van der Waals surface area contributed by atoms with Gasteiger partial charge in [-0.25, -0.2) is 0 Å². The van der Waals surface area contributed by atoms with Crippen molar-refractivity contribution in [1.82, 2.24) is 15.5 Å². The Labute approximate surface area is 130 Å². The van der Waals surface area contributed by atoms with E-state index >= 15 is 0 Å². The third-order valence-corrected chi connectivity index (χ3v) is 4.05. The molecule has 2 aromatic rings. The molecule has 0 spiro atoms. The van der Waals surface area contributed by atoms with Crippen LogP contribution in [-0.4, -0.2) is 21.8 Å². The first-order valence-electron chi connectivity index (χ1n) is 7.95. The van der Waals surface area contributed by atoms with Crippen molar-refractivity contribution in [1.29, 1.82) is 0 Å². The van der Waals surface area contributed by atoms with Gasteiger partial charge in [-0.1, -0.05) is 49.3 Å². The molecular formula is C17H23N3O2. The minimum atomic E-state index is -0.548. The molecule has 0 bridgehead atoms. The number of aromatic nitrogens is 2. The fourth-order valence-electron chi connectivity index (χ4n) is 2.52. The lowest BCUT2D eigenvalue weighted by atomic mass is 10.0. The molecule has 118 valence electrons. The number of nitrogens with zero attached hydrogens (tertiary/aromatic N) is 2. The average molecular weight is 301 g/mol. The Morgan fingerprint density at radius 3 is 2.64 bits per heavy atom. The highest BCUT2D eigenvalue weighted by Crippen LogP contribution is 2.38. The minimum absolute atomic E-state index is 0.0432. The molecule has 1 saturated carbocycles. The van der Waals surface area contributed by atoms with Crippen molar-refractivity contribution in [2.45, 2.75) is 44.8 Å². The normalized spacial score (nSPS) is 17.6. The van der Waals surface area contributed by atoms with E-state index in [1.165, 1.54) is 0 Å². The van der Waals surface area contributed by atoms with Crippen molar-refractivity contribution in [3.63, 3.8) is 0 Å². The summed E-state index contributed by atoms with van der Waals surface area (Å²) in [5, 5.41) is 17.7. The van der Waals surface area contributed by atoms with E-state index in [1.54, 1.807) is 0 Å². The lowest BCUT2D eigenvalue weighted by Crippen LogP contribution is -2.30. The van der Waals surface area contributed by atoms with E-state index < -0.39 is 6.10 Å². The minimum Gasteiger partial charge on any atom is -0.387 e. The number of hydrogen-bond acceptors (Lipinski definition) is 5. The van der Waals surface area contributed by atoms with Gasteiger partial charge in [-0.15, -0.1) is 0 Å². The number of rotatable bonds is 7. The molecule has 1 fully saturated rings. The monoisotopic (exact) mass is 301 g/mol. The van der Waals surface area contributed by atoms with Crippen LogP contribution in [0.15, 0.2) is 34.9 Å².